The van der Waals surface area contributed by atoms with E-state index in [2.05, 4.69) is 16.0 Å². The molecular weight excluding hydrogens is 254 g/mol. The highest BCUT2D eigenvalue weighted by Gasteiger charge is 2.12. The maximum Gasteiger partial charge on any atom is 0.251 e. The fraction of sp³-hybridized carbons (Fsp3) is 0.467. The van der Waals surface area contributed by atoms with Crippen LogP contribution in [0, 0.1) is 0 Å². The molecule has 0 aliphatic carbocycles. The molecule has 1 aromatic rings. The molecule has 5 nitrogen and oxygen atoms in total. The van der Waals surface area contributed by atoms with Crippen molar-refractivity contribution in [2.75, 3.05) is 7.05 Å². The molecule has 0 heterocycles. The molecule has 0 radical (unpaired) electrons. The molecule has 5 heteroatoms. The summed E-state index contributed by atoms with van der Waals surface area (Å²) in [6.07, 6.45) is 0. The predicted octanol–water partition coefficient (Wildman–Crippen LogP) is 1.05. The molecule has 0 saturated carbocycles. The first-order valence-electron chi connectivity index (χ1n) is 6.78. The van der Waals surface area contributed by atoms with Gasteiger partial charge >= 0.3 is 0 Å². The zero-order valence-electron chi connectivity index (χ0n) is 12.5. The second-order valence-corrected chi connectivity index (χ2v) is 5.04. The van der Waals surface area contributed by atoms with Crippen LogP contribution in [-0.4, -0.2) is 30.9 Å². The quantitative estimate of drug-likeness (QED) is 0.728. The molecule has 1 unspecified atom stereocenters. The molecule has 0 fully saturated rings. The van der Waals surface area contributed by atoms with Crippen LogP contribution < -0.4 is 16.0 Å². The molecule has 110 valence electrons. The van der Waals surface area contributed by atoms with Gasteiger partial charge in [-0.15, -0.1) is 0 Å². The highest BCUT2D eigenvalue weighted by molar-refractivity contribution is 5.93. The summed E-state index contributed by atoms with van der Waals surface area (Å²) in [7, 11) is 1.60. The maximum absolute atomic E-state index is 11.7. The molecule has 1 atom stereocenters. The van der Waals surface area contributed by atoms with Gasteiger partial charge in [-0.25, -0.2) is 0 Å². The topological polar surface area (TPSA) is 70.2 Å². The molecule has 0 saturated heterocycles. The van der Waals surface area contributed by atoms with E-state index in [9.17, 15) is 9.59 Å². The first-order valence-corrected chi connectivity index (χ1v) is 6.78. The minimum Gasteiger partial charge on any atom is -0.355 e. The summed E-state index contributed by atoms with van der Waals surface area (Å²) >= 11 is 0. The molecule has 0 aromatic heterocycles. The van der Waals surface area contributed by atoms with E-state index >= 15 is 0 Å². The average molecular weight is 277 g/mol. The Morgan fingerprint density at radius 2 is 1.70 bits per heavy atom. The van der Waals surface area contributed by atoms with Crippen molar-refractivity contribution >= 4 is 11.8 Å². The van der Waals surface area contributed by atoms with E-state index in [1.54, 1.807) is 19.2 Å². The summed E-state index contributed by atoms with van der Waals surface area (Å²) in [5.74, 6) is -0.115. The lowest BCUT2D eigenvalue weighted by Gasteiger charge is -2.16. The molecule has 0 aliphatic heterocycles. The molecule has 0 bridgehead atoms. The van der Waals surface area contributed by atoms with Crippen LogP contribution in [0.2, 0.25) is 0 Å². The molecule has 1 aromatic carbocycles. The fourth-order valence-electron chi connectivity index (χ4n) is 1.69. The van der Waals surface area contributed by atoms with Crippen molar-refractivity contribution < 1.29 is 9.59 Å². The average Bonchev–Trinajstić information content (AvgIpc) is 2.43. The van der Waals surface area contributed by atoms with Crippen molar-refractivity contribution in [2.24, 2.45) is 0 Å². The third kappa shape index (κ3) is 5.01. The molecular formula is C15H23N3O2. The third-order valence-corrected chi connectivity index (χ3v) is 2.88. The van der Waals surface area contributed by atoms with E-state index in [-0.39, 0.29) is 23.9 Å². The summed E-state index contributed by atoms with van der Waals surface area (Å²) in [6, 6.07) is 7.19. The SMILES string of the molecule is CNC(=O)c1ccc(CNC(C)C(=O)NC(C)C)cc1. The first-order chi connectivity index (χ1) is 9.43. The van der Waals surface area contributed by atoms with Gasteiger partial charge in [-0.05, 0) is 38.5 Å². The highest BCUT2D eigenvalue weighted by atomic mass is 16.2. The molecule has 3 N–H and O–H groups in total. The number of nitrogens with one attached hydrogen (secondary N) is 3. The monoisotopic (exact) mass is 277 g/mol. The van der Waals surface area contributed by atoms with Crippen molar-refractivity contribution in [3.05, 3.63) is 35.4 Å². The van der Waals surface area contributed by atoms with Crippen LogP contribution in [0.15, 0.2) is 24.3 Å². The zero-order chi connectivity index (χ0) is 15.1. The van der Waals surface area contributed by atoms with Crippen LogP contribution in [0.5, 0.6) is 0 Å². The second-order valence-electron chi connectivity index (χ2n) is 5.04. The number of rotatable bonds is 6. The summed E-state index contributed by atoms with van der Waals surface area (Å²) < 4.78 is 0. The van der Waals surface area contributed by atoms with Crippen LogP contribution >= 0.6 is 0 Å². The standard InChI is InChI=1S/C15H23N3O2/c1-10(2)18-14(19)11(3)17-9-12-5-7-13(8-6-12)15(20)16-4/h5-8,10-11,17H,9H2,1-4H3,(H,16,20)(H,18,19). The fourth-order valence-corrected chi connectivity index (χ4v) is 1.69. The van der Waals surface area contributed by atoms with E-state index in [4.69, 9.17) is 0 Å². The second kappa shape index (κ2) is 7.65. The smallest absolute Gasteiger partial charge is 0.251 e. The number of amides is 2. The van der Waals surface area contributed by atoms with Crippen molar-refractivity contribution in [2.45, 2.75) is 39.4 Å². The van der Waals surface area contributed by atoms with Crippen molar-refractivity contribution in [1.29, 1.82) is 0 Å². The summed E-state index contributed by atoms with van der Waals surface area (Å²) in [4.78, 5) is 23.1. The number of carbonyl (C=O) groups excluding carboxylic acids is 2. The normalized spacial score (nSPS) is 12.1. The van der Waals surface area contributed by atoms with E-state index in [1.807, 2.05) is 32.9 Å². The van der Waals surface area contributed by atoms with E-state index < -0.39 is 0 Å². The van der Waals surface area contributed by atoms with Gasteiger partial charge in [0.15, 0.2) is 0 Å². The zero-order valence-corrected chi connectivity index (χ0v) is 12.5. The Balaban J connectivity index is 2.49. The minimum atomic E-state index is -0.254. The van der Waals surface area contributed by atoms with Gasteiger partial charge in [0.05, 0.1) is 6.04 Å². The lowest BCUT2D eigenvalue weighted by atomic mass is 10.1. The molecule has 20 heavy (non-hydrogen) atoms. The van der Waals surface area contributed by atoms with Crippen LogP contribution in [0.3, 0.4) is 0 Å². The van der Waals surface area contributed by atoms with Gasteiger partial charge in [-0.1, -0.05) is 12.1 Å². The third-order valence-electron chi connectivity index (χ3n) is 2.88. The van der Waals surface area contributed by atoms with Gasteiger partial charge in [0.25, 0.3) is 5.91 Å². The Hall–Kier alpha value is -1.88. The molecule has 2 amide bonds. The van der Waals surface area contributed by atoms with E-state index in [0.717, 1.165) is 5.56 Å². The van der Waals surface area contributed by atoms with Gasteiger partial charge in [0.1, 0.15) is 0 Å². The van der Waals surface area contributed by atoms with Crippen LogP contribution in [0.4, 0.5) is 0 Å². The van der Waals surface area contributed by atoms with Crippen LogP contribution in [0.25, 0.3) is 0 Å². The van der Waals surface area contributed by atoms with Gasteiger partial charge in [-0.3, -0.25) is 9.59 Å². The highest BCUT2D eigenvalue weighted by Crippen LogP contribution is 2.04. The lowest BCUT2D eigenvalue weighted by Crippen LogP contribution is -2.44. The Morgan fingerprint density at radius 3 is 2.20 bits per heavy atom. The van der Waals surface area contributed by atoms with Crippen LogP contribution in [-0.2, 0) is 11.3 Å². The summed E-state index contributed by atoms with van der Waals surface area (Å²) in [5, 5.41) is 8.59. The Labute approximate surface area is 120 Å². The minimum absolute atomic E-state index is 0.0121. The lowest BCUT2D eigenvalue weighted by molar-refractivity contribution is -0.123. The number of benzene rings is 1. The van der Waals surface area contributed by atoms with Gasteiger partial charge in [0.2, 0.25) is 5.91 Å². The Morgan fingerprint density at radius 1 is 1.10 bits per heavy atom. The Bertz CT molecular complexity index is 455. The van der Waals surface area contributed by atoms with E-state index in [1.165, 1.54) is 0 Å². The van der Waals surface area contributed by atoms with Crippen molar-refractivity contribution in [1.82, 2.24) is 16.0 Å². The Kier molecular flexibility index (Phi) is 6.18. The van der Waals surface area contributed by atoms with Gasteiger partial charge in [0, 0.05) is 25.2 Å². The van der Waals surface area contributed by atoms with Crippen molar-refractivity contribution in [3.8, 4) is 0 Å². The van der Waals surface area contributed by atoms with E-state index in [0.29, 0.717) is 12.1 Å². The summed E-state index contributed by atoms with van der Waals surface area (Å²) in [6.45, 7) is 6.28. The maximum atomic E-state index is 11.7. The van der Waals surface area contributed by atoms with Crippen molar-refractivity contribution in [3.63, 3.8) is 0 Å². The molecule has 0 aliphatic rings. The number of hydrogen-bond acceptors (Lipinski definition) is 3. The molecule has 0 spiro atoms. The summed E-state index contributed by atoms with van der Waals surface area (Å²) in [5.41, 5.74) is 1.66. The first kappa shape index (κ1) is 16.2. The van der Waals surface area contributed by atoms with Gasteiger partial charge < -0.3 is 16.0 Å². The van der Waals surface area contributed by atoms with Crippen LogP contribution in [0.1, 0.15) is 36.7 Å². The largest absolute Gasteiger partial charge is 0.355 e. The number of hydrogen-bond donors (Lipinski definition) is 3. The van der Waals surface area contributed by atoms with Gasteiger partial charge in [-0.2, -0.15) is 0 Å². The number of carbonyl (C=O) groups is 2. The molecule has 1 rings (SSSR count). The predicted molar refractivity (Wildman–Crippen MR) is 79.4 cm³/mol.